The van der Waals surface area contributed by atoms with Gasteiger partial charge in [-0.15, -0.1) is 0 Å². The zero-order valence-electron chi connectivity index (χ0n) is 14.1. The molecular formula is C16H32N4S. The van der Waals surface area contributed by atoms with Crippen molar-refractivity contribution < 1.29 is 0 Å². The lowest BCUT2D eigenvalue weighted by molar-refractivity contribution is 0.256. The fraction of sp³-hybridized carbons (Fsp3) is 0.938. The van der Waals surface area contributed by atoms with E-state index in [9.17, 15) is 0 Å². The first-order valence-electron chi connectivity index (χ1n) is 8.28. The topological polar surface area (TPSA) is 39.7 Å². The van der Waals surface area contributed by atoms with E-state index in [-0.39, 0.29) is 4.75 Å². The van der Waals surface area contributed by atoms with Gasteiger partial charge in [-0.1, -0.05) is 0 Å². The van der Waals surface area contributed by atoms with Gasteiger partial charge in [-0.25, -0.2) is 0 Å². The highest BCUT2D eigenvalue weighted by atomic mass is 32.2. The molecule has 0 atom stereocenters. The van der Waals surface area contributed by atoms with Crippen molar-refractivity contribution in [3.05, 3.63) is 0 Å². The number of guanidine groups is 1. The first kappa shape index (κ1) is 16.9. The molecule has 2 rings (SSSR count). The maximum absolute atomic E-state index is 4.32. The van der Waals surface area contributed by atoms with Gasteiger partial charge < -0.3 is 10.6 Å². The minimum atomic E-state index is 0.240. The van der Waals surface area contributed by atoms with E-state index in [1.165, 1.54) is 32.2 Å². The van der Waals surface area contributed by atoms with E-state index < -0.39 is 0 Å². The Hall–Kier alpha value is -0.420. The van der Waals surface area contributed by atoms with E-state index in [1.807, 2.05) is 18.8 Å². The maximum Gasteiger partial charge on any atom is 0.191 e. The third-order valence-electron chi connectivity index (χ3n) is 4.40. The summed E-state index contributed by atoms with van der Waals surface area (Å²) >= 11 is 1.88. The summed E-state index contributed by atoms with van der Waals surface area (Å²) in [5.41, 5.74) is 0. The summed E-state index contributed by atoms with van der Waals surface area (Å²) in [4.78, 5) is 7.01. The molecule has 122 valence electrons. The van der Waals surface area contributed by atoms with Crippen LogP contribution in [0.2, 0.25) is 0 Å². The van der Waals surface area contributed by atoms with Gasteiger partial charge in [0.15, 0.2) is 5.96 Å². The zero-order valence-corrected chi connectivity index (χ0v) is 14.9. The molecule has 4 nitrogen and oxygen atoms in total. The summed E-state index contributed by atoms with van der Waals surface area (Å²) in [6, 6.07) is 0.873. The van der Waals surface area contributed by atoms with Gasteiger partial charge >= 0.3 is 0 Å². The van der Waals surface area contributed by atoms with Crippen LogP contribution in [0, 0.1) is 5.92 Å². The summed E-state index contributed by atoms with van der Waals surface area (Å²) in [6.45, 7) is 8.89. The highest BCUT2D eigenvalue weighted by Gasteiger charge is 2.33. The van der Waals surface area contributed by atoms with Crippen molar-refractivity contribution in [2.24, 2.45) is 10.9 Å². The van der Waals surface area contributed by atoms with Crippen molar-refractivity contribution >= 4 is 17.7 Å². The van der Waals surface area contributed by atoms with E-state index in [1.54, 1.807) is 0 Å². The quantitative estimate of drug-likeness (QED) is 0.506. The molecule has 0 radical (unpaired) electrons. The SMILES string of the molecule is CN=C(NCCN(CC1CC1)C1CC1)NCC(C)(C)SC. The molecule has 2 N–H and O–H groups in total. The zero-order chi connectivity index (χ0) is 15.3. The Bertz CT molecular complexity index is 348. The van der Waals surface area contributed by atoms with Crippen molar-refractivity contribution in [3.63, 3.8) is 0 Å². The molecule has 0 amide bonds. The molecule has 0 aromatic carbocycles. The number of rotatable bonds is 9. The van der Waals surface area contributed by atoms with E-state index in [0.29, 0.717) is 0 Å². The number of nitrogens with zero attached hydrogens (tertiary/aromatic N) is 2. The van der Waals surface area contributed by atoms with Gasteiger partial charge in [0, 0.05) is 44.0 Å². The fourth-order valence-corrected chi connectivity index (χ4v) is 2.62. The van der Waals surface area contributed by atoms with Crippen LogP contribution in [0.5, 0.6) is 0 Å². The van der Waals surface area contributed by atoms with E-state index in [2.05, 4.69) is 40.6 Å². The summed E-state index contributed by atoms with van der Waals surface area (Å²) in [5.74, 6) is 1.92. The molecule has 0 aliphatic heterocycles. The first-order chi connectivity index (χ1) is 10.0. The van der Waals surface area contributed by atoms with Crippen LogP contribution in [-0.4, -0.2) is 61.1 Å². The molecule has 0 spiro atoms. The number of hydrogen-bond donors (Lipinski definition) is 2. The molecule has 0 unspecified atom stereocenters. The summed E-state index contributed by atoms with van der Waals surface area (Å²) in [5, 5.41) is 6.89. The predicted octanol–water partition coefficient (Wildman–Crippen LogP) is 2.17. The van der Waals surface area contributed by atoms with Crippen LogP contribution in [0.15, 0.2) is 4.99 Å². The Morgan fingerprint density at radius 2 is 1.95 bits per heavy atom. The molecule has 2 saturated carbocycles. The average Bonchev–Trinajstić information content (AvgIpc) is 3.34. The van der Waals surface area contributed by atoms with Gasteiger partial charge in [0.2, 0.25) is 0 Å². The summed E-state index contributed by atoms with van der Waals surface area (Å²) in [7, 11) is 1.85. The van der Waals surface area contributed by atoms with Crippen LogP contribution in [0.3, 0.4) is 0 Å². The second-order valence-electron chi connectivity index (χ2n) is 6.99. The number of nitrogens with one attached hydrogen (secondary N) is 2. The predicted molar refractivity (Wildman–Crippen MR) is 94.3 cm³/mol. The van der Waals surface area contributed by atoms with Gasteiger partial charge in [-0.3, -0.25) is 9.89 Å². The third-order valence-corrected chi connectivity index (χ3v) is 5.65. The molecule has 0 heterocycles. The molecular weight excluding hydrogens is 280 g/mol. The maximum atomic E-state index is 4.32. The van der Waals surface area contributed by atoms with E-state index in [0.717, 1.165) is 37.6 Å². The van der Waals surface area contributed by atoms with E-state index in [4.69, 9.17) is 0 Å². The molecule has 0 saturated heterocycles. The van der Waals surface area contributed by atoms with Gasteiger partial charge in [0.05, 0.1) is 0 Å². The van der Waals surface area contributed by atoms with Crippen LogP contribution >= 0.6 is 11.8 Å². The lowest BCUT2D eigenvalue weighted by Crippen LogP contribution is -2.45. The van der Waals surface area contributed by atoms with E-state index >= 15 is 0 Å². The van der Waals surface area contributed by atoms with Crippen molar-refractivity contribution in [1.29, 1.82) is 0 Å². The monoisotopic (exact) mass is 312 g/mol. The average molecular weight is 313 g/mol. The minimum Gasteiger partial charge on any atom is -0.355 e. The highest BCUT2D eigenvalue weighted by molar-refractivity contribution is 7.99. The van der Waals surface area contributed by atoms with Crippen molar-refractivity contribution in [1.82, 2.24) is 15.5 Å². The lowest BCUT2D eigenvalue weighted by atomic mass is 10.2. The molecule has 5 heteroatoms. The van der Waals surface area contributed by atoms with Crippen LogP contribution < -0.4 is 10.6 Å². The lowest BCUT2D eigenvalue weighted by Gasteiger charge is -2.25. The first-order valence-corrected chi connectivity index (χ1v) is 9.50. The molecule has 0 aromatic heterocycles. The Morgan fingerprint density at radius 1 is 1.24 bits per heavy atom. The largest absolute Gasteiger partial charge is 0.355 e. The normalized spacial score (nSPS) is 20.0. The van der Waals surface area contributed by atoms with Crippen LogP contribution in [0.4, 0.5) is 0 Å². The molecule has 0 aromatic rings. The van der Waals surface area contributed by atoms with Gasteiger partial charge in [-0.05, 0) is 51.7 Å². The van der Waals surface area contributed by atoms with Crippen molar-refractivity contribution in [3.8, 4) is 0 Å². The number of hydrogen-bond acceptors (Lipinski definition) is 3. The molecule has 2 aliphatic rings. The second kappa shape index (κ2) is 7.73. The molecule has 21 heavy (non-hydrogen) atoms. The molecule has 2 aliphatic carbocycles. The summed E-state index contributed by atoms with van der Waals surface area (Å²) in [6.07, 6.45) is 7.86. The number of aliphatic imine (C=N–C) groups is 1. The minimum absolute atomic E-state index is 0.240. The summed E-state index contributed by atoms with van der Waals surface area (Å²) < 4.78 is 0.240. The standard InChI is InChI=1S/C16H32N4S/c1-16(2,21-4)12-19-15(17-3)18-9-10-20(14-7-8-14)11-13-5-6-13/h13-14H,5-12H2,1-4H3,(H2,17,18,19). The van der Waals surface area contributed by atoms with Gasteiger partial charge in [-0.2, -0.15) is 11.8 Å². The smallest absolute Gasteiger partial charge is 0.191 e. The number of thioether (sulfide) groups is 1. The van der Waals surface area contributed by atoms with Gasteiger partial charge in [0.25, 0.3) is 0 Å². The molecule has 0 bridgehead atoms. The van der Waals surface area contributed by atoms with Crippen molar-refractivity contribution in [2.45, 2.75) is 50.3 Å². The van der Waals surface area contributed by atoms with Crippen LogP contribution in [-0.2, 0) is 0 Å². The second-order valence-corrected chi connectivity index (χ2v) is 8.50. The van der Waals surface area contributed by atoms with Gasteiger partial charge in [0.1, 0.15) is 0 Å². The Labute approximate surface area is 134 Å². The Kier molecular flexibility index (Phi) is 6.23. The Morgan fingerprint density at radius 3 is 2.48 bits per heavy atom. The highest BCUT2D eigenvalue weighted by Crippen LogP contribution is 2.34. The van der Waals surface area contributed by atoms with Crippen molar-refractivity contribution in [2.75, 3.05) is 39.5 Å². The van der Waals surface area contributed by atoms with Crippen LogP contribution in [0.25, 0.3) is 0 Å². The Balaban J connectivity index is 1.65. The molecule has 2 fully saturated rings. The fourth-order valence-electron chi connectivity index (χ4n) is 2.40. The van der Waals surface area contributed by atoms with Crippen LogP contribution in [0.1, 0.15) is 39.5 Å². The third kappa shape index (κ3) is 6.47.